The predicted molar refractivity (Wildman–Crippen MR) is 111 cm³/mol. The fourth-order valence-electron chi connectivity index (χ4n) is 3.61. The second kappa shape index (κ2) is 7.78. The van der Waals surface area contributed by atoms with Crippen LogP contribution in [0.15, 0.2) is 66.9 Å². The summed E-state index contributed by atoms with van der Waals surface area (Å²) in [7, 11) is 0. The Hall–Kier alpha value is -2.88. The molecule has 4 heteroatoms. The fraction of sp³-hybridized carbons (Fsp3) is 0.304. The molecule has 0 aliphatic carbocycles. The van der Waals surface area contributed by atoms with Gasteiger partial charge in [0.2, 0.25) is 5.95 Å². The minimum atomic E-state index is 0.322. The van der Waals surface area contributed by atoms with Gasteiger partial charge in [-0.05, 0) is 43.0 Å². The molecule has 1 aliphatic heterocycles. The van der Waals surface area contributed by atoms with Crippen molar-refractivity contribution in [2.75, 3.05) is 16.3 Å². The molecule has 1 aromatic heterocycles. The summed E-state index contributed by atoms with van der Waals surface area (Å²) in [6, 6.07) is 21.6. The van der Waals surface area contributed by atoms with E-state index < -0.39 is 0 Å². The zero-order valence-electron chi connectivity index (χ0n) is 16.0. The maximum Gasteiger partial charge on any atom is 0.227 e. The molecule has 0 atom stereocenters. The third kappa shape index (κ3) is 3.95. The van der Waals surface area contributed by atoms with E-state index in [1.165, 1.54) is 16.7 Å². The van der Waals surface area contributed by atoms with Gasteiger partial charge in [0.25, 0.3) is 0 Å². The quantitative estimate of drug-likeness (QED) is 0.674. The molecule has 0 amide bonds. The van der Waals surface area contributed by atoms with Crippen molar-refractivity contribution >= 4 is 11.8 Å². The summed E-state index contributed by atoms with van der Waals surface area (Å²) < 4.78 is 0. The first-order valence-electron chi connectivity index (χ1n) is 9.66. The molecule has 0 fully saturated rings. The lowest BCUT2D eigenvalue weighted by atomic mass is 10.00. The molecule has 0 radical (unpaired) electrons. The molecule has 2 heterocycles. The van der Waals surface area contributed by atoms with Gasteiger partial charge in [-0.15, -0.1) is 0 Å². The van der Waals surface area contributed by atoms with Crippen LogP contribution in [0.2, 0.25) is 0 Å². The summed E-state index contributed by atoms with van der Waals surface area (Å²) in [5.41, 5.74) is 4.12. The SMILES string of the molecule is CC(C)N(Cc1ccccc1)c1nccc(N2CCc3ccccc3C2)n1. The minimum absolute atomic E-state index is 0.322. The molecule has 27 heavy (non-hydrogen) atoms. The standard InChI is InChI=1S/C23H26N4/c1-18(2)27(16-19-8-4-3-5-9-19)23-24-14-12-22(25-23)26-15-13-20-10-6-7-11-21(20)17-26/h3-12,14,18H,13,15-17H2,1-2H3. The van der Waals surface area contributed by atoms with Gasteiger partial charge in [-0.25, -0.2) is 4.98 Å². The first-order chi connectivity index (χ1) is 13.2. The number of aromatic nitrogens is 2. The highest BCUT2D eigenvalue weighted by Crippen LogP contribution is 2.25. The Morgan fingerprint density at radius 1 is 0.963 bits per heavy atom. The molecule has 4 nitrogen and oxygen atoms in total. The van der Waals surface area contributed by atoms with E-state index in [2.05, 4.69) is 83.2 Å². The maximum atomic E-state index is 4.93. The van der Waals surface area contributed by atoms with Gasteiger partial charge in [-0.1, -0.05) is 54.6 Å². The van der Waals surface area contributed by atoms with Gasteiger partial charge in [0.05, 0.1) is 0 Å². The van der Waals surface area contributed by atoms with E-state index in [0.29, 0.717) is 6.04 Å². The molecule has 2 aromatic carbocycles. The summed E-state index contributed by atoms with van der Waals surface area (Å²) in [6.07, 6.45) is 2.95. The molecule has 0 N–H and O–H groups in total. The zero-order valence-corrected chi connectivity index (χ0v) is 16.0. The Labute approximate surface area is 161 Å². The first-order valence-corrected chi connectivity index (χ1v) is 9.66. The molecule has 0 spiro atoms. The molecule has 0 saturated carbocycles. The first kappa shape index (κ1) is 17.5. The van der Waals surface area contributed by atoms with Gasteiger partial charge in [0.15, 0.2) is 0 Å². The van der Waals surface area contributed by atoms with Crippen molar-refractivity contribution in [3.63, 3.8) is 0 Å². The van der Waals surface area contributed by atoms with Crippen molar-refractivity contribution in [2.24, 2.45) is 0 Å². The highest BCUT2D eigenvalue weighted by atomic mass is 15.3. The third-order valence-corrected chi connectivity index (χ3v) is 5.16. The molecule has 3 aromatic rings. The number of anilines is 2. The monoisotopic (exact) mass is 358 g/mol. The Kier molecular flexibility index (Phi) is 5.05. The van der Waals surface area contributed by atoms with E-state index in [1.807, 2.05) is 12.3 Å². The highest BCUT2D eigenvalue weighted by molar-refractivity contribution is 5.47. The van der Waals surface area contributed by atoms with E-state index in [4.69, 9.17) is 4.98 Å². The lowest BCUT2D eigenvalue weighted by Gasteiger charge is -2.31. The molecule has 0 saturated heterocycles. The van der Waals surface area contributed by atoms with Crippen molar-refractivity contribution in [1.82, 2.24) is 9.97 Å². The van der Waals surface area contributed by atoms with E-state index in [-0.39, 0.29) is 0 Å². The molecule has 1 aliphatic rings. The Balaban J connectivity index is 1.58. The number of fused-ring (bicyclic) bond motifs is 1. The second-order valence-electron chi connectivity index (χ2n) is 7.36. The minimum Gasteiger partial charge on any atom is -0.352 e. The van der Waals surface area contributed by atoms with E-state index in [1.54, 1.807) is 0 Å². The normalized spacial score (nSPS) is 13.5. The molecule has 0 bridgehead atoms. The molecule has 0 unspecified atom stereocenters. The summed E-state index contributed by atoms with van der Waals surface area (Å²) in [5, 5.41) is 0. The third-order valence-electron chi connectivity index (χ3n) is 5.16. The van der Waals surface area contributed by atoms with Crippen LogP contribution < -0.4 is 9.80 Å². The summed E-state index contributed by atoms with van der Waals surface area (Å²) in [4.78, 5) is 14.1. The lowest BCUT2D eigenvalue weighted by molar-refractivity contribution is 0.655. The van der Waals surface area contributed by atoms with Gasteiger partial charge in [0, 0.05) is 31.9 Å². The zero-order chi connectivity index (χ0) is 18.6. The molecule has 138 valence electrons. The van der Waals surface area contributed by atoms with Gasteiger partial charge >= 0.3 is 0 Å². The number of benzene rings is 2. The number of hydrogen-bond acceptors (Lipinski definition) is 4. The van der Waals surface area contributed by atoms with Crippen LogP contribution in [0.25, 0.3) is 0 Å². The predicted octanol–water partition coefficient (Wildman–Crippen LogP) is 4.45. The van der Waals surface area contributed by atoms with E-state index in [0.717, 1.165) is 37.8 Å². The Morgan fingerprint density at radius 3 is 2.48 bits per heavy atom. The van der Waals surface area contributed by atoms with Crippen molar-refractivity contribution in [3.05, 3.63) is 83.6 Å². The van der Waals surface area contributed by atoms with Crippen molar-refractivity contribution in [1.29, 1.82) is 0 Å². The van der Waals surface area contributed by atoms with Gasteiger partial charge < -0.3 is 9.80 Å². The van der Waals surface area contributed by atoms with Gasteiger partial charge in [0.1, 0.15) is 5.82 Å². The van der Waals surface area contributed by atoms with Gasteiger partial charge in [-0.3, -0.25) is 0 Å². The van der Waals surface area contributed by atoms with Crippen LogP contribution in [0, 0.1) is 0 Å². The van der Waals surface area contributed by atoms with Crippen LogP contribution in [0.1, 0.15) is 30.5 Å². The molecule has 4 rings (SSSR count). The van der Waals surface area contributed by atoms with Crippen molar-refractivity contribution in [3.8, 4) is 0 Å². The van der Waals surface area contributed by atoms with E-state index in [9.17, 15) is 0 Å². The average Bonchev–Trinajstić information content (AvgIpc) is 2.72. The number of hydrogen-bond donors (Lipinski definition) is 0. The smallest absolute Gasteiger partial charge is 0.227 e. The summed E-state index contributed by atoms with van der Waals surface area (Å²) in [5.74, 6) is 1.80. The van der Waals surface area contributed by atoms with Crippen LogP contribution in [0.5, 0.6) is 0 Å². The summed E-state index contributed by atoms with van der Waals surface area (Å²) >= 11 is 0. The Bertz CT molecular complexity index is 892. The van der Waals surface area contributed by atoms with Crippen molar-refractivity contribution < 1.29 is 0 Å². The highest BCUT2D eigenvalue weighted by Gasteiger charge is 2.20. The average molecular weight is 358 g/mol. The van der Waals surface area contributed by atoms with Gasteiger partial charge in [-0.2, -0.15) is 4.98 Å². The number of nitrogens with zero attached hydrogens (tertiary/aromatic N) is 4. The largest absolute Gasteiger partial charge is 0.352 e. The van der Waals surface area contributed by atoms with Crippen LogP contribution in [0.4, 0.5) is 11.8 Å². The van der Waals surface area contributed by atoms with Crippen LogP contribution in [-0.2, 0) is 19.5 Å². The van der Waals surface area contributed by atoms with Crippen molar-refractivity contribution in [2.45, 2.75) is 39.4 Å². The molecular formula is C23H26N4. The van der Waals surface area contributed by atoms with Crippen LogP contribution in [0.3, 0.4) is 0 Å². The lowest BCUT2D eigenvalue weighted by Crippen LogP contribution is -2.34. The molecular weight excluding hydrogens is 332 g/mol. The number of rotatable bonds is 5. The second-order valence-corrected chi connectivity index (χ2v) is 7.36. The summed E-state index contributed by atoms with van der Waals surface area (Å²) in [6.45, 7) is 7.10. The maximum absolute atomic E-state index is 4.93. The van der Waals surface area contributed by atoms with Crippen LogP contribution >= 0.6 is 0 Å². The topological polar surface area (TPSA) is 32.3 Å². The van der Waals surface area contributed by atoms with E-state index >= 15 is 0 Å². The van der Waals surface area contributed by atoms with Crippen LogP contribution in [-0.4, -0.2) is 22.6 Å². The fourth-order valence-corrected chi connectivity index (χ4v) is 3.61. The Morgan fingerprint density at radius 2 is 1.70 bits per heavy atom.